The molecule has 0 unspecified atom stereocenters. The minimum atomic E-state index is -2.62. The van der Waals surface area contributed by atoms with Crippen molar-refractivity contribution >= 4 is 28.6 Å². The lowest BCUT2D eigenvalue weighted by atomic mass is 10.3. The average molecular weight is 270 g/mol. The molecule has 3 nitrogen and oxygen atoms in total. The Labute approximate surface area is 107 Å². The zero-order chi connectivity index (χ0) is 13.1. The molecule has 2 aromatic rings. The number of nitrogens with zero attached hydrogens (tertiary/aromatic N) is 2. The van der Waals surface area contributed by atoms with Crippen LogP contribution in [-0.2, 0) is 10.5 Å². The largest absolute Gasteiger partial charge is 0.320 e. The molecular formula is C12H12F2N2OS. The molecule has 1 heterocycles. The molecule has 1 aromatic heterocycles. The second-order valence-corrected chi connectivity index (χ2v) is 4.84. The molecular weight excluding hydrogens is 258 g/mol. The molecule has 0 fully saturated rings. The van der Waals surface area contributed by atoms with Crippen LogP contribution in [-0.4, -0.2) is 21.1 Å². The van der Waals surface area contributed by atoms with E-state index in [0.717, 1.165) is 4.57 Å². The van der Waals surface area contributed by atoms with Gasteiger partial charge in [0.25, 0.3) is 0 Å². The van der Waals surface area contributed by atoms with Crippen molar-refractivity contribution in [2.24, 2.45) is 0 Å². The highest BCUT2D eigenvalue weighted by Crippen LogP contribution is 2.25. The Morgan fingerprint density at radius 1 is 1.44 bits per heavy atom. The number of hydrogen-bond acceptors (Lipinski definition) is 3. The first-order valence-electron chi connectivity index (χ1n) is 5.40. The second-order valence-electron chi connectivity index (χ2n) is 3.86. The maximum Gasteiger partial charge on any atom is 0.320 e. The summed E-state index contributed by atoms with van der Waals surface area (Å²) in [6.07, 6.45) is 0. The quantitative estimate of drug-likeness (QED) is 0.836. The van der Waals surface area contributed by atoms with E-state index in [9.17, 15) is 13.6 Å². The standard InChI is InChI=1S/C12H12F2N2OS/c1-8(17)6-18-7-11-15-9-4-2-3-5-10(9)16(11)12(13)14/h2-5,12H,6-7H2,1H3. The molecule has 0 atom stereocenters. The van der Waals surface area contributed by atoms with Crippen LogP contribution in [0.5, 0.6) is 0 Å². The number of rotatable bonds is 5. The summed E-state index contributed by atoms with van der Waals surface area (Å²) in [6.45, 7) is -1.14. The number of alkyl halides is 2. The normalized spacial score (nSPS) is 11.3. The lowest BCUT2D eigenvalue weighted by Crippen LogP contribution is -2.04. The summed E-state index contributed by atoms with van der Waals surface area (Å²) in [6, 6.07) is 6.79. The van der Waals surface area contributed by atoms with Crippen molar-refractivity contribution in [2.75, 3.05) is 5.75 Å². The maximum absolute atomic E-state index is 13.0. The Balaban J connectivity index is 2.31. The number of para-hydroxylation sites is 2. The molecule has 0 aliphatic rings. The number of ketones is 1. The Morgan fingerprint density at radius 2 is 2.17 bits per heavy atom. The van der Waals surface area contributed by atoms with Crippen LogP contribution in [0, 0.1) is 0 Å². The lowest BCUT2D eigenvalue weighted by Gasteiger charge is -2.06. The molecule has 18 heavy (non-hydrogen) atoms. The van der Waals surface area contributed by atoms with Crippen molar-refractivity contribution in [3.63, 3.8) is 0 Å². The first-order chi connectivity index (χ1) is 8.59. The molecule has 1 aromatic carbocycles. The number of Topliss-reactive ketones (excluding diaryl/α,β-unsaturated/α-hetero) is 1. The highest BCUT2D eigenvalue weighted by atomic mass is 32.2. The highest BCUT2D eigenvalue weighted by Gasteiger charge is 2.17. The molecule has 96 valence electrons. The Morgan fingerprint density at radius 3 is 2.83 bits per heavy atom. The first-order valence-corrected chi connectivity index (χ1v) is 6.56. The minimum Gasteiger partial charge on any atom is -0.299 e. The van der Waals surface area contributed by atoms with Crippen LogP contribution in [0.25, 0.3) is 11.0 Å². The predicted molar refractivity (Wildman–Crippen MR) is 67.8 cm³/mol. The van der Waals surface area contributed by atoms with Crippen molar-refractivity contribution in [2.45, 2.75) is 19.2 Å². The van der Waals surface area contributed by atoms with Crippen molar-refractivity contribution in [1.29, 1.82) is 0 Å². The van der Waals surface area contributed by atoms with Crippen LogP contribution in [0.2, 0.25) is 0 Å². The van der Waals surface area contributed by atoms with Gasteiger partial charge in [0.05, 0.1) is 22.5 Å². The van der Waals surface area contributed by atoms with Crippen molar-refractivity contribution in [3.8, 4) is 0 Å². The topological polar surface area (TPSA) is 34.9 Å². The van der Waals surface area contributed by atoms with E-state index in [-0.39, 0.29) is 5.78 Å². The molecule has 0 amide bonds. The fourth-order valence-electron chi connectivity index (χ4n) is 1.70. The van der Waals surface area contributed by atoms with Gasteiger partial charge >= 0.3 is 6.55 Å². The average Bonchev–Trinajstić information content (AvgIpc) is 2.66. The number of benzene rings is 1. The van der Waals surface area contributed by atoms with E-state index >= 15 is 0 Å². The van der Waals surface area contributed by atoms with Gasteiger partial charge < -0.3 is 0 Å². The van der Waals surface area contributed by atoms with Gasteiger partial charge in [-0.25, -0.2) is 4.98 Å². The van der Waals surface area contributed by atoms with Gasteiger partial charge in [0.15, 0.2) is 0 Å². The van der Waals surface area contributed by atoms with Gasteiger partial charge in [-0.1, -0.05) is 12.1 Å². The van der Waals surface area contributed by atoms with E-state index in [1.165, 1.54) is 18.7 Å². The van der Waals surface area contributed by atoms with Crippen LogP contribution in [0.1, 0.15) is 19.3 Å². The van der Waals surface area contributed by atoms with E-state index in [0.29, 0.717) is 28.4 Å². The number of carbonyl (C=O) groups excluding carboxylic acids is 1. The number of carbonyl (C=O) groups is 1. The molecule has 0 saturated heterocycles. The number of imidazole rings is 1. The third kappa shape index (κ3) is 2.69. The molecule has 0 aliphatic heterocycles. The van der Waals surface area contributed by atoms with E-state index in [2.05, 4.69) is 4.98 Å². The third-order valence-corrected chi connectivity index (χ3v) is 3.47. The van der Waals surface area contributed by atoms with E-state index in [4.69, 9.17) is 0 Å². The zero-order valence-corrected chi connectivity index (χ0v) is 10.6. The van der Waals surface area contributed by atoms with Crippen molar-refractivity contribution < 1.29 is 13.6 Å². The van der Waals surface area contributed by atoms with Gasteiger partial charge in [-0.3, -0.25) is 9.36 Å². The monoisotopic (exact) mass is 270 g/mol. The van der Waals surface area contributed by atoms with E-state index < -0.39 is 6.55 Å². The summed E-state index contributed by atoms with van der Waals surface area (Å²) in [5.74, 6) is 0.947. The Bertz CT molecular complexity index is 568. The smallest absolute Gasteiger partial charge is 0.299 e. The van der Waals surface area contributed by atoms with Gasteiger partial charge in [0, 0.05) is 0 Å². The summed E-state index contributed by atoms with van der Waals surface area (Å²) in [5, 5.41) is 0. The number of halogens is 2. The Kier molecular flexibility index (Phi) is 3.96. The second kappa shape index (κ2) is 5.48. The summed E-state index contributed by atoms with van der Waals surface area (Å²) in [7, 11) is 0. The van der Waals surface area contributed by atoms with Crippen molar-refractivity contribution in [3.05, 3.63) is 30.1 Å². The lowest BCUT2D eigenvalue weighted by molar-refractivity contribution is -0.114. The van der Waals surface area contributed by atoms with Gasteiger partial charge in [0.1, 0.15) is 11.6 Å². The van der Waals surface area contributed by atoms with Crippen LogP contribution in [0.15, 0.2) is 24.3 Å². The summed E-state index contributed by atoms with van der Waals surface area (Å²) < 4.78 is 27.0. The minimum absolute atomic E-state index is 0.0275. The zero-order valence-electron chi connectivity index (χ0n) is 9.77. The molecule has 0 saturated carbocycles. The van der Waals surface area contributed by atoms with Crippen molar-refractivity contribution in [1.82, 2.24) is 9.55 Å². The molecule has 0 N–H and O–H groups in total. The van der Waals surface area contributed by atoms with Gasteiger partial charge in [0.2, 0.25) is 0 Å². The summed E-state index contributed by atoms with van der Waals surface area (Å²) in [5.41, 5.74) is 0.974. The molecule has 2 rings (SSSR count). The SMILES string of the molecule is CC(=O)CSCc1nc2ccccc2n1C(F)F. The highest BCUT2D eigenvalue weighted by molar-refractivity contribution is 7.99. The summed E-state index contributed by atoms with van der Waals surface area (Å²) >= 11 is 1.30. The van der Waals surface area contributed by atoms with Gasteiger partial charge in [-0.15, -0.1) is 11.8 Å². The van der Waals surface area contributed by atoms with Crippen LogP contribution >= 0.6 is 11.8 Å². The van der Waals surface area contributed by atoms with E-state index in [1.807, 2.05) is 0 Å². The fraction of sp³-hybridized carbons (Fsp3) is 0.333. The number of fused-ring (bicyclic) bond motifs is 1. The van der Waals surface area contributed by atoms with E-state index in [1.54, 1.807) is 24.3 Å². The van der Waals surface area contributed by atoms with Crippen LogP contribution in [0.3, 0.4) is 0 Å². The van der Waals surface area contributed by atoms with Crippen LogP contribution < -0.4 is 0 Å². The fourth-order valence-corrected chi connectivity index (χ4v) is 2.48. The molecule has 0 aliphatic carbocycles. The molecule has 0 radical (unpaired) electrons. The van der Waals surface area contributed by atoms with Gasteiger partial charge in [-0.2, -0.15) is 8.78 Å². The molecule has 0 bridgehead atoms. The number of hydrogen-bond donors (Lipinski definition) is 0. The predicted octanol–water partition coefficient (Wildman–Crippen LogP) is 3.25. The summed E-state index contributed by atoms with van der Waals surface area (Å²) in [4.78, 5) is 15.0. The Hall–Kier alpha value is -1.43. The van der Waals surface area contributed by atoms with Crippen LogP contribution in [0.4, 0.5) is 8.78 Å². The first kappa shape index (κ1) is 13.0. The third-order valence-electron chi connectivity index (χ3n) is 2.40. The number of aromatic nitrogens is 2. The molecule has 6 heteroatoms. The number of thioether (sulfide) groups is 1. The maximum atomic E-state index is 13.0. The van der Waals surface area contributed by atoms with Gasteiger partial charge in [-0.05, 0) is 19.1 Å². The molecule has 0 spiro atoms.